The van der Waals surface area contributed by atoms with Gasteiger partial charge in [-0.25, -0.2) is 4.90 Å². The lowest BCUT2D eigenvalue weighted by Crippen LogP contribution is -2.43. The van der Waals surface area contributed by atoms with E-state index < -0.39 is 29.8 Å². The van der Waals surface area contributed by atoms with Crippen LogP contribution in [0.25, 0.3) is 0 Å². The second-order valence-electron chi connectivity index (χ2n) is 6.21. The van der Waals surface area contributed by atoms with Gasteiger partial charge in [-0.05, 0) is 30.3 Å². The maximum Gasteiger partial charge on any atom is 0.263 e. The van der Waals surface area contributed by atoms with Gasteiger partial charge in [-0.15, -0.1) is 0 Å². The number of halogens is 2. The molecule has 2 heterocycles. The topological polar surface area (TPSA) is 94.4 Å². The van der Waals surface area contributed by atoms with Crippen molar-refractivity contribution in [2.45, 2.75) is 12.1 Å². The van der Waals surface area contributed by atoms with Crippen LogP contribution in [0, 0.1) is 0 Å². The molecule has 10 heteroatoms. The standard InChI is InChI=1S/C18H13Cl2N5O3/c19-10-4-3-5-11(8-10)25-17(27)15-16(18(25)28)24(23-22-15)9-14(26)21-13-7-2-1-6-12(13)20/h1-8,15-16H,9H2,(H,21,26)/t15-,16+/m1/s1. The first kappa shape index (κ1) is 18.4. The summed E-state index contributed by atoms with van der Waals surface area (Å²) < 4.78 is 0. The van der Waals surface area contributed by atoms with Crippen LogP contribution >= 0.6 is 23.2 Å². The van der Waals surface area contributed by atoms with Crippen molar-refractivity contribution in [1.29, 1.82) is 0 Å². The van der Waals surface area contributed by atoms with Gasteiger partial charge in [0.1, 0.15) is 6.54 Å². The summed E-state index contributed by atoms with van der Waals surface area (Å²) in [6.45, 7) is -0.252. The van der Waals surface area contributed by atoms with Crippen LogP contribution in [0.5, 0.6) is 0 Å². The highest BCUT2D eigenvalue weighted by molar-refractivity contribution is 6.33. The Hall–Kier alpha value is -2.97. The molecule has 1 fully saturated rings. The van der Waals surface area contributed by atoms with Crippen molar-refractivity contribution in [3.05, 3.63) is 58.6 Å². The zero-order valence-electron chi connectivity index (χ0n) is 14.3. The lowest BCUT2D eigenvalue weighted by Gasteiger charge is -2.20. The van der Waals surface area contributed by atoms with Crippen molar-refractivity contribution in [2.24, 2.45) is 10.3 Å². The summed E-state index contributed by atoms with van der Waals surface area (Å²) in [5.74, 6) is -1.45. The lowest BCUT2D eigenvalue weighted by atomic mass is 10.1. The number of carbonyl (C=O) groups excluding carboxylic acids is 3. The third-order valence-electron chi connectivity index (χ3n) is 4.38. The van der Waals surface area contributed by atoms with E-state index in [0.29, 0.717) is 21.4 Å². The van der Waals surface area contributed by atoms with Crippen molar-refractivity contribution in [2.75, 3.05) is 16.8 Å². The summed E-state index contributed by atoms with van der Waals surface area (Å²) in [5.41, 5.74) is 0.795. The average Bonchev–Trinajstić information content (AvgIpc) is 3.17. The van der Waals surface area contributed by atoms with Crippen molar-refractivity contribution in [3.8, 4) is 0 Å². The molecule has 0 radical (unpaired) electrons. The van der Waals surface area contributed by atoms with E-state index in [9.17, 15) is 14.4 Å². The smallest absolute Gasteiger partial charge is 0.263 e. The zero-order chi connectivity index (χ0) is 19.8. The quantitative estimate of drug-likeness (QED) is 0.773. The molecule has 142 valence electrons. The summed E-state index contributed by atoms with van der Waals surface area (Å²) in [6, 6.07) is 11.2. The van der Waals surface area contributed by atoms with Gasteiger partial charge in [0.05, 0.1) is 16.4 Å². The Morgan fingerprint density at radius 3 is 2.61 bits per heavy atom. The molecular weight excluding hydrogens is 405 g/mol. The molecule has 2 aromatic carbocycles. The van der Waals surface area contributed by atoms with Crippen LogP contribution in [-0.2, 0) is 14.4 Å². The van der Waals surface area contributed by atoms with Crippen molar-refractivity contribution in [3.63, 3.8) is 0 Å². The fraction of sp³-hybridized carbons (Fsp3) is 0.167. The predicted molar refractivity (Wildman–Crippen MR) is 103 cm³/mol. The number of benzene rings is 2. The zero-order valence-corrected chi connectivity index (χ0v) is 15.8. The fourth-order valence-electron chi connectivity index (χ4n) is 3.12. The van der Waals surface area contributed by atoms with Gasteiger partial charge in [-0.3, -0.25) is 19.4 Å². The summed E-state index contributed by atoms with van der Waals surface area (Å²) in [7, 11) is 0. The molecular formula is C18H13Cl2N5O3. The van der Waals surface area contributed by atoms with Crippen LogP contribution in [0.3, 0.4) is 0 Å². The number of nitrogens with zero attached hydrogens (tertiary/aromatic N) is 4. The van der Waals surface area contributed by atoms with Gasteiger partial charge >= 0.3 is 0 Å². The molecule has 0 saturated carbocycles. The second kappa shape index (κ2) is 7.21. The minimum absolute atomic E-state index is 0.252. The summed E-state index contributed by atoms with van der Waals surface area (Å²) in [6.07, 6.45) is 0. The predicted octanol–water partition coefficient (Wildman–Crippen LogP) is 2.93. The van der Waals surface area contributed by atoms with Crippen LogP contribution in [-0.4, -0.2) is 41.4 Å². The minimum atomic E-state index is -0.986. The summed E-state index contributed by atoms with van der Waals surface area (Å²) in [5, 5.41) is 12.4. The second-order valence-corrected chi connectivity index (χ2v) is 7.06. The van der Waals surface area contributed by atoms with Gasteiger partial charge in [-0.2, -0.15) is 5.11 Å². The number of amides is 3. The van der Waals surface area contributed by atoms with Crippen molar-refractivity contribution >= 4 is 52.3 Å². The van der Waals surface area contributed by atoms with E-state index in [4.69, 9.17) is 23.2 Å². The number of rotatable bonds is 4. The SMILES string of the molecule is O=C(CN1N=N[C@H]2C(=O)N(c3cccc(Cl)c3)C(=O)[C@H]21)Nc1ccccc1Cl. The lowest BCUT2D eigenvalue weighted by molar-refractivity contribution is -0.123. The molecule has 0 aliphatic carbocycles. The van der Waals surface area contributed by atoms with Crippen LogP contribution in [0.4, 0.5) is 11.4 Å². The minimum Gasteiger partial charge on any atom is -0.323 e. The molecule has 2 aliphatic rings. The van der Waals surface area contributed by atoms with Crippen LogP contribution < -0.4 is 10.2 Å². The first-order chi connectivity index (χ1) is 13.5. The van der Waals surface area contributed by atoms with Crippen molar-refractivity contribution in [1.82, 2.24) is 5.01 Å². The summed E-state index contributed by atoms with van der Waals surface area (Å²) >= 11 is 12.0. The fourth-order valence-corrected chi connectivity index (χ4v) is 3.49. The Morgan fingerprint density at radius 1 is 1.07 bits per heavy atom. The molecule has 0 aromatic heterocycles. The number of imide groups is 1. The largest absolute Gasteiger partial charge is 0.323 e. The number of para-hydroxylation sites is 1. The Morgan fingerprint density at radius 2 is 1.86 bits per heavy atom. The number of anilines is 2. The number of hydrogen-bond donors (Lipinski definition) is 1. The van der Waals surface area contributed by atoms with Gasteiger partial charge in [-0.1, -0.05) is 46.6 Å². The number of fused-ring (bicyclic) bond motifs is 1. The maximum absolute atomic E-state index is 12.9. The molecule has 1 N–H and O–H groups in total. The van der Waals surface area contributed by atoms with E-state index in [-0.39, 0.29) is 6.54 Å². The van der Waals surface area contributed by atoms with E-state index in [0.717, 1.165) is 4.90 Å². The van der Waals surface area contributed by atoms with Gasteiger partial charge in [0.15, 0.2) is 12.1 Å². The van der Waals surface area contributed by atoms with E-state index in [1.807, 2.05) is 0 Å². The summed E-state index contributed by atoms with van der Waals surface area (Å²) in [4.78, 5) is 38.9. The molecule has 4 rings (SSSR count). The van der Waals surface area contributed by atoms with E-state index >= 15 is 0 Å². The molecule has 2 atom stereocenters. The third-order valence-corrected chi connectivity index (χ3v) is 4.94. The Labute approximate surface area is 169 Å². The third kappa shape index (κ3) is 3.21. The number of nitrogens with one attached hydrogen (secondary N) is 1. The first-order valence-electron chi connectivity index (χ1n) is 8.31. The van der Waals surface area contributed by atoms with Gasteiger partial charge in [0, 0.05) is 5.02 Å². The highest BCUT2D eigenvalue weighted by Gasteiger charge is 2.55. The van der Waals surface area contributed by atoms with E-state index in [1.165, 1.54) is 11.1 Å². The molecule has 28 heavy (non-hydrogen) atoms. The number of carbonyl (C=O) groups is 3. The van der Waals surface area contributed by atoms with Crippen molar-refractivity contribution < 1.29 is 14.4 Å². The Bertz CT molecular complexity index is 1010. The molecule has 0 bridgehead atoms. The van der Waals surface area contributed by atoms with Crippen LogP contribution in [0.15, 0.2) is 58.9 Å². The number of hydrogen-bond acceptors (Lipinski definition) is 6. The monoisotopic (exact) mass is 417 g/mol. The highest BCUT2D eigenvalue weighted by atomic mass is 35.5. The van der Waals surface area contributed by atoms with Crippen LogP contribution in [0.2, 0.25) is 10.0 Å². The molecule has 0 spiro atoms. The van der Waals surface area contributed by atoms with Crippen LogP contribution in [0.1, 0.15) is 0 Å². The van der Waals surface area contributed by atoms with Gasteiger partial charge in [0.25, 0.3) is 11.8 Å². The molecule has 2 aromatic rings. The Balaban J connectivity index is 1.50. The van der Waals surface area contributed by atoms with Gasteiger partial charge < -0.3 is 5.32 Å². The molecule has 2 aliphatic heterocycles. The maximum atomic E-state index is 12.9. The first-order valence-corrected chi connectivity index (χ1v) is 9.06. The Kier molecular flexibility index (Phi) is 4.74. The highest BCUT2D eigenvalue weighted by Crippen LogP contribution is 2.32. The van der Waals surface area contributed by atoms with E-state index in [2.05, 4.69) is 15.7 Å². The average molecular weight is 418 g/mol. The molecule has 0 unspecified atom stereocenters. The van der Waals surface area contributed by atoms with Gasteiger partial charge in [0.2, 0.25) is 5.91 Å². The molecule has 3 amide bonds. The van der Waals surface area contributed by atoms with E-state index in [1.54, 1.807) is 42.5 Å². The normalized spacial score (nSPS) is 20.6. The molecule has 1 saturated heterocycles. The molecule has 8 nitrogen and oxygen atoms in total.